The van der Waals surface area contributed by atoms with E-state index in [-0.39, 0.29) is 29.1 Å². The number of carbonyl (C=O) groups is 1. The minimum absolute atomic E-state index is 0.129. The molecule has 4 fully saturated rings. The van der Waals surface area contributed by atoms with Crippen LogP contribution in [0.5, 0.6) is 11.5 Å². The molecule has 3 heterocycles. The molecule has 3 aromatic rings. The van der Waals surface area contributed by atoms with Crippen LogP contribution in [-0.2, 0) is 20.7 Å². The highest BCUT2D eigenvalue weighted by Crippen LogP contribution is 2.42. The monoisotopic (exact) mass is 724 g/mol. The quantitative estimate of drug-likeness (QED) is 0.234. The highest BCUT2D eigenvalue weighted by molar-refractivity contribution is 7.89. The van der Waals surface area contributed by atoms with Crippen molar-refractivity contribution in [2.45, 2.75) is 112 Å². The van der Waals surface area contributed by atoms with Crippen LogP contribution in [-0.4, -0.2) is 92.0 Å². The average Bonchev–Trinajstić information content (AvgIpc) is 3.73. The Morgan fingerprint density at radius 1 is 0.882 bits per heavy atom. The summed E-state index contributed by atoms with van der Waals surface area (Å²) < 4.78 is 75.0. The summed E-state index contributed by atoms with van der Waals surface area (Å²) in [6.45, 7) is 3.24. The van der Waals surface area contributed by atoms with Crippen molar-refractivity contribution in [3.63, 3.8) is 0 Å². The van der Waals surface area contributed by atoms with Crippen molar-refractivity contribution < 1.29 is 31.5 Å². The largest absolute Gasteiger partial charge is 0.492 e. The summed E-state index contributed by atoms with van der Waals surface area (Å²) in [5.74, 6) is -3.62. The van der Waals surface area contributed by atoms with E-state index in [4.69, 9.17) is 15.2 Å². The molecule has 3 aromatic carbocycles. The van der Waals surface area contributed by atoms with Crippen LogP contribution in [0.4, 0.5) is 8.78 Å². The molecule has 1 aliphatic carbocycles. The molecule has 3 unspecified atom stereocenters. The van der Waals surface area contributed by atoms with E-state index in [1.807, 2.05) is 6.07 Å². The Kier molecular flexibility index (Phi) is 10.6. The molecule has 2 bridgehead atoms. The molecule has 7 rings (SSSR count). The lowest BCUT2D eigenvalue weighted by atomic mass is 9.94. The van der Waals surface area contributed by atoms with E-state index in [2.05, 4.69) is 4.90 Å². The molecular weight excluding hydrogens is 675 g/mol. The van der Waals surface area contributed by atoms with Gasteiger partial charge < -0.3 is 20.1 Å². The van der Waals surface area contributed by atoms with Crippen LogP contribution < -0.4 is 15.2 Å². The molecule has 3 aliphatic heterocycles. The van der Waals surface area contributed by atoms with Gasteiger partial charge in [-0.1, -0.05) is 18.6 Å². The minimum atomic E-state index is -4.57. The van der Waals surface area contributed by atoms with Crippen LogP contribution in [0.15, 0.2) is 65.6 Å². The third-order valence-corrected chi connectivity index (χ3v) is 13.2. The molecule has 9 nitrogen and oxygen atoms in total. The standard InChI is InChI=1S/C39H50F2N4O5S/c1-43(51(47,48)36-18-10-27-23-35(15-9-28(27)24-36)50-34-7-3-4-8-34)37(38(46)45-31-13-14-32(45)26-30(42)25-31)39(40,41)29-11-16-33(17-12-29)49-22-21-44-19-5-2-6-20-44/h9-12,15-18,23-24,30-32,34,37H,2-8,13-14,19-22,25-26,42H2,1H3. The van der Waals surface area contributed by atoms with E-state index in [1.165, 1.54) is 47.7 Å². The number of likely N-dealkylation sites (N-methyl/N-ethyl adjacent to an activating group) is 1. The number of nitrogens with two attached hydrogens (primary N) is 1. The van der Waals surface area contributed by atoms with Crippen LogP contribution in [0, 0.1) is 0 Å². The number of benzene rings is 3. The number of fused-ring (bicyclic) bond motifs is 3. The molecule has 0 spiro atoms. The molecule has 4 aliphatic rings. The summed E-state index contributed by atoms with van der Waals surface area (Å²) in [5, 5.41) is 1.39. The van der Waals surface area contributed by atoms with Gasteiger partial charge in [0, 0.05) is 37.3 Å². The normalized spacial score (nSPS) is 23.9. The van der Waals surface area contributed by atoms with E-state index < -0.39 is 33.5 Å². The summed E-state index contributed by atoms with van der Waals surface area (Å²) in [4.78, 5) is 18.1. The van der Waals surface area contributed by atoms with Crippen molar-refractivity contribution in [2.24, 2.45) is 5.73 Å². The number of ether oxygens (including phenoxy) is 2. The first kappa shape index (κ1) is 36.1. The Morgan fingerprint density at radius 2 is 1.51 bits per heavy atom. The van der Waals surface area contributed by atoms with Gasteiger partial charge in [-0.3, -0.25) is 9.69 Å². The Balaban J connectivity index is 1.15. The lowest BCUT2D eigenvalue weighted by molar-refractivity contribution is -0.155. The number of halogens is 2. The third kappa shape index (κ3) is 7.61. The molecule has 1 amide bonds. The smallest absolute Gasteiger partial charge is 0.298 e. The number of alkyl halides is 2. The van der Waals surface area contributed by atoms with Gasteiger partial charge in [0.2, 0.25) is 15.9 Å². The van der Waals surface area contributed by atoms with Crippen LogP contribution >= 0.6 is 0 Å². The zero-order chi connectivity index (χ0) is 35.8. The number of hydrogen-bond donors (Lipinski definition) is 1. The fraction of sp³-hybridized carbons (Fsp3) is 0.564. The Bertz CT molecular complexity index is 1780. The number of sulfonamides is 1. The maximum Gasteiger partial charge on any atom is 0.298 e. The highest BCUT2D eigenvalue weighted by Gasteiger charge is 2.56. The molecule has 0 aromatic heterocycles. The molecule has 3 saturated heterocycles. The van der Waals surface area contributed by atoms with E-state index in [0.717, 1.165) is 70.6 Å². The number of likely N-dealkylation sites (tertiary alicyclic amines) is 1. The van der Waals surface area contributed by atoms with Gasteiger partial charge in [0.25, 0.3) is 5.92 Å². The Morgan fingerprint density at radius 3 is 2.20 bits per heavy atom. The predicted octanol–water partition coefficient (Wildman–Crippen LogP) is 6.29. The highest BCUT2D eigenvalue weighted by atomic mass is 32.2. The second-order valence-corrected chi connectivity index (χ2v) is 16.9. The van der Waals surface area contributed by atoms with Gasteiger partial charge in [-0.2, -0.15) is 13.1 Å². The van der Waals surface area contributed by atoms with Crippen molar-refractivity contribution in [1.29, 1.82) is 0 Å². The second-order valence-electron chi connectivity index (χ2n) is 14.9. The number of nitrogens with zero attached hydrogens (tertiary/aromatic N) is 3. The Labute approximate surface area is 300 Å². The molecule has 12 heteroatoms. The second kappa shape index (κ2) is 15.0. The number of amides is 1. The number of rotatable bonds is 12. The number of carbonyl (C=O) groups excluding carboxylic acids is 1. The van der Waals surface area contributed by atoms with Gasteiger partial charge in [-0.25, -0.2) is 8.42 Å². The van der Waals surface area contributed by atoms with Gasteiger partial charge >= 0.3 is 0 Å². The number of hydrogen-bond acceptors (Lipinski definition) is 7. The topological polar surface area (TPSA) is 105 Å². The molecule has 2 N–H and O–H groups in total. The van der Waals surface area contributed by atoms with Crippen molar-refractivity contribution in [3.05, 3.63) is 66.2 Å². The lowest BCUT2D eigenvalue weighted by Crippen LogP contribution is -2.61. The molecule has 3 atom stereocenters. The summed E-state index contributed by atoms with van der Waals surface area (Å²) >= 11 is 0. The fourth-order valence-electron chi connectivity index (χ4n) is 8.61. The van der Waals surface area contributed by atoms with Crippen molar-refractivity contribution in [2.75, 3.05) is 33.3 Å². The Hall–Kier alpha value is -3.32. The van der Waals surface area contributed by atoms with Crippen molar-refractivity contribution >= 4 is 26.7 Å². The van der Waals surface area contributed by atoms with Gasteiger partial charge in [0.15, 0.2) is 6.04 Å². The molecule has 51 heavy (non-hydrogen) atoms. The van der Waals surface area contributed by atoms with Crippen LogP contribution in [0.1, 0.15) is 76.2 Å². The zero-order valence-electron chi connectivity index (χ0n) is 29.4. The van der Waals surface area contributed by atoms with Gasteiger partial charge in [-0.05, 0) is 137 Å². The molecule has 1 saturated carbocycles. The van der Waals surface area contributed by atoms with Gasteiger partial charge in [0.05, 0.1) is 11.0 Å². The van der Waals surface area contributed by atoms with E-state index >= 15 is 8.78 Å². The van der Waals surface area contributed by atoms with Crippen LogP contribution in [0.3, 0.4) is 0 Å². The van der Waals surface area contributed by atoms with E-state index in [0.29, 0.717) is 53.5 Å². The van der Waals surface area contributed by atoms with Gasteiger partial charge in [-0.15, -0.1) is 0 Å². The van der Waals surface area contributed by atoms with Gasteiger partial charge in [0.1, 0.15) is 18.1 Å². The average molecular weight is 725 g/mol. The molecule has 0 radical (unpaired) electrons. The van der Waals surface area contributed by atoms with Crippen molar-refractivity contribution in [1.82, 2.24) is 14.1 Å². The summed E-state index contributed by atoms with van der Waals surface area (Å²) in [5.41, 5.74) is 5.79. The first-order valence-corrected chi connectivity index (χ1v) is 20.0. The van der Waals surface area contributed by atoms with Crippen molar-refractivity contribution in [3.8, 4) is 11.5 Å². The fourth-order valence-corrected chi connectivity index (χ4v) is 9.95. The van der Waals surface area contributed by atoms with E-state index in [1.54, 1.807) is 18.2 Å². The maximum absolute atomic E-state index is 16.9. The zero-order valence-corrected chi connectivity index (χ0v) is 30.2. The minimum Gasteiger partial charge on any atom is -0.492 e. The summed E-state index contributed by atoms with van der Waals surface area (Å²) in [7, 11) is -3.48. The molecule has 276 valence electrons. The third-order valence-electron chi connectivity index (χ3n) is 11.4. The van der Waals surface area contributed by atoms with Crippen LogP contribution in [0.2, 0.25) is 0 Å². The summed E-state index contributed by atoms with van der Waals surface area (Å²) in [6.07, 6.45) is 10.3. The maximum atomic E-state index is 16.9. The SMILES string of the molecule is CN(C(C(=O)N1C2CCC1CC(N)C2)C(F)(F)c1ccc(OCCN2CCCCC2)cc1)S(=O)(=O)c1ccc2cc(OC3CCCC3)ccc2c1. The van der Waals surface area contributed by atoms with Crippen LogP contribution in [0.25, 0.3) is 10.8 Å². The summed E-state index contributed by atoms with van der Waals surface area (Å²) in [6, 6.07) is 12.3. The first-order chi connectivity index (χ1) is 24.5. The molecular formula is C39H50F2N4O5S. The first-order valence-electron chi connectivity index (χ1n) is 18.6. The predicted molar refractivity (Wildman–Crippen MR) is 193 cm³/mol. The lowest BCUT2D eigenvalue weighted by Gasteiger charge is -2.42. The number of piperidine rings is 2. The van der Waals surface area contributed by atoms with E-state index in [9.17, 15) is 13.2 Å².